The van der Waals surface area contributed by atoms with E-state index in [4.69, 9.17) is 17.3 Å². The third-order valence-corrected chi connectivity index (χ3v) is 4.05. The Morgan fingerprint density at radius 1 is 0.900 bits per heavy atom. The smallest absolute Gasteiger partial charge is 0.0426 e. The van der Waals surface area contributed by atoms with Gasteiger partial charge in [-0.2, -0.15) is 0 Å². The van der Waals surface area contributed by atoms with Gasteiger partial charge in [0.1, 0.15) is 0 Å². The molecule has 2 N–H and O–H groups in total. The molecule has 0 aliphatic heterocycles. The number of nitrogen functional groups attached to an aromatic ring is 1. The topological polar surface area (TPSA) is 26.0 Å². The third-order valence-electron chi connectivity index (χ3n) is 3.81. The average Bonchev–Trinajstić information content (AvgIpc) is 2.46. The van der Waals surface area contributed by atoms with E-state index >= 15 is 0 Å². The van der Waals surface area contributed by atoms with Gasteiger partial charge >= 0.3 is 0 Å². The molecule has 0 heterocycles. The molecule has 0 aliphatic carbocycles. The lowest BCUT2D eigenvalue weighted by atomic mass is 9.88. The fraction of sp³-hybridized carbons (Fsp3) is 0.333. The van der Waals surface area contributed by atoms with Gasteiger partial charge in [0.25, 0.3) is 0 Å². The second-order valence-electron chi connectivity index (χ2n) is 5.08. The van der Waals surface area contributed by atoms with Crippen LogP contribution in [0.15, 0.2) is 30.3 Å². The molecule has 0 unspecified atom stereocenters. The van der Waals surface area contributed by atoms with Crippen LogP contribution in [0.3, 0.4) is 0 Å². The minimum absolute atomic E-state index is 0.688. The standard InChI is InChI=1S/C18H22ClN/c1-4-12-9-13(5-2)18(14(6-3)10-12)16-8-7-15(19)11-17(16)20/h7-11H,4-6,20H2,1-3H3. The number of anilines is 1. The van der Waals surface area contributed by atoms with E-state index in [0.29, 0.717) is 5.02 Å². The van der Waals surface area contributed by atoms with Crippen LogP contribution in [-0.2, 0) is 19.3 Å². The van der Waals surface area contributed by atoms with Crippen LogP contribution in [0.4, 0.5) is 5.69 Å². The van der Waals surface area contributed by atoms with Gasteiger partial charge in [-0.25, -0.2) is 0 Å². The maximum atomic E-state index is 6.19. The van der Waals surface area contributed by atoms with Crippen molar-refractivity contribution >= 4 is 17.3 Å². The molecule has 0 amide bonds. The highest BCUT2D eigenvalue weighted by Crippen LogP contribution is 2.35. The van der Waals surface area contributed by atoms with E-state index < -0.39 is 0 Å². The van der Waals surface area contributed by atoms with Crippen molar-refractivity contribution in [2.45, 2.75) is 40.0 Å². The van der Waals surface area contributed by atoms with Crippen LogP contribution in [-0.4, -0.2) is 0 Å². The van der Waals surface area contributed by atoms with Crippen LogP contribution in [0.1, 0.15) is 37.5 Å². The van der Waals surface area contributed by atoms with Crippen molar-refractivity contribution in [3.8, 4) is 11.1 Å². The van der Waals surface area contributed by atoms with Crippen molar-refractivity contribution in [1.82, 2.24) is 0 Å². The zero-order valence-corrected chi connectivity index (χ0v) is 13.2. The molecule has 0 aromatic heterocycles. The zero-order chi connectivity index (χ0) is 14.7. The molecule has 2 heteroatoms. The predicted molar refractivity (Wildman–Crippen MR) is 89.4 cm³/mol. The van der Waals surface area contributed by atoms with Crippen molar-refractivity contribution < 1.29 is 0 Å². The quantitative estimate of drug-likeness (QED) is 0.761. The first kappa shape index (κ1) is 14.9. The summed E-state index contributed by atoms with van der Waals surface area (Å²) in [5.74, 6) is 0. The minimum Gasteiger partial charge on any atom is -0.398 e. The second-order valence-corrected chi connectivity index (χ2v) is 5.52. The summed E-state index contributed by atoms with van der Waals surface area (Å²) >= 11 is 6.02. The fourth-order valence-corrected chi connectivity index (χ4v) is 2.89. The molecule has 1 nitrogen and oxygen atoms in total. The van der Waals surface area contributed by atoms with Gasteiger partial charge in [-0.3, -0.25) is 0 Å². The molecule has 0 saturated carbocycles. The number of benzene rings is 2. The van der Waals surface area contributed by atoms with E-state index in [0.717, 1.165) is 30.5 Å². The van der Waals surface area contributed by atoms with Crippen LogP contribution < -0.4 is 5.73 Å². The van der Waals surface area contributed by atoms with Crippen LogP contribution in [0, 0.1) is 0 Å². The highest BCUT2D eigenvalue weighted by Gasteiger charge is 2.13. The van der Waals surface area contributed by atoms with E-state index in [9.17, 15) is 0 Å². The lowest BCUT2D eigenvalue weighted by Gasteiger charge is -2.17. The Kier molecular flexibility index (Phi) is 4.72. The van der Waals surface area contributed by atoms with E-state index in [2.05, 4.69) is 32.9 Å². The van der Waals surface area contributed by atoms with Crippen molar-refractivity contribution in [2.24, 2.45) is 0 Å². The monoisotopic (exact) mass is 287 g/mol. The maximum absolute atomic E-state index is 6.19. The number of hydrogen-bond acceptors (Lipinski definition) is 1. The molecule has 0 saturated heterocycles. The summed E-state index contributed by atoms with van der Waals surface area (Å²) < 4.78 is 0. The number of hydrogen-bond donors (Lipinski definition) is 1. The molecule has 106 valence electrons. The fourth-order valence-electron chi connectivity index (χ4n) is 2.71. The van der Waals surface area contributed by atoms with Gasteiger partial charge in [-0.15, -0.1) is 0 Å². The lowest BCUT2D eigenvalue weighted by Crippen LogP contribution is -2.00. The molecule has 2 aromatic rings. The second kappa shape index (κ2) is 6.32. The van der Waals surface area contributed by atoms with Crippen molar-refractivity contribution in [3.63, 3.8) is 0 Å². The molecule has 0 fully saturated rings. The predicted octanol–water partition coefficient (Wildman–Crippen LogP) is 5.28. The summed E-state index contributed by atoms with van der Waals surface area (Å²) in [6.07, 6.45) is 3.09. The summed E-state index contributed by atoms with van der Waals surface area (Å²) in [5, 5.41) is 0.688. The first-order chi connectivity index (χ1) is 9.60. The van der Waals surface area contributed by atoms with E-state index in [-0.39, 0.29) is 0 Å². The highest BCUT2D eigenvalue weighted by molar-refractivity contribution is 6.31. The molecule has 0 spiro atoms. The Labute approximate surface area is 126 Å². The lowest BCUT2D eigenvalue weighted by molar-refractivity contribution is 1.05. The van der Waals surface area contributed by atoms with Crippen LogP contribution in [0.5, 0.6) is 0 Å². The van der Waals surface area contributed by atoms with Gasteiger partial charge in [0.05, 0.1) is 0 Å². The zero-order valence-electron chi connectivity index (χ0n) is 12.5. The molecular formula is C18H22ClN. The Hall–Kier alpha value is -1.47. The van der Waals surface area contributed by atoms with Crippen molar-refractivity contribution in [2.75, 3.05) is 5.73 Å². The van der Waals surface area contributed by atoms with Crippen LogP contribution >= 0.6 is 11.6 Å². The SMILES string of the molecule is CCc1cc(CC)c(-c2ccc(Cl)cc2N)c(CC)c1. The average molecular weight is 288 g/mol. The summed E-state index contributed by atoms with van der Waals surface area (Å²) in [4.78, 5) is 0. The Morgan fingerprint density at radius 2 is 1.50 bits per heavy atom. The van der Waals surface area contributed by atoms with E-state index in [1.807, 2.05) is 18.2 Å². The van der Waals surface area contributed by atoms with E-state index in [1.54, 1.807) is 0 Å². The molecule has 20 heavy (non-hydrogen) atoms. The van der Waals surface area contributed by atoms with Crippen LogP contribution in [0.2, 0.25) is 5.02 Å². The van der Waals surface area contributed by atoms with Crippen molar-refractivity contribution in [3.05, 3.63) is 52.0 Å². The maximum Gasteiger partial charge on any atom is 0.0426 e. The molecular weight excluding hydrogens is 266 g/mol. The highest BCUT2D eigenvalue weighted by atomic mass is 35.5. The number of halogens is 1. The third kappa shape index (κ3) is 2.83. The Bertz CT molecular complexity index is 592. The van der Waals surface area contributed by atoms with E-state index in [1.165, 1.54) is 22.3 Å². The number of nitrogens with two attached hydrogens (primary N) is 1. The van der Waals surface area contributed by atoms with Gasteiger partial charge in [0.2, 0.25) is 0 Å². The first-order valence-corrected chi connectivity index (χ1v) is 7.68. The summed E-state index contributed by atoms with van der Waals surface area (Å²) in [5.41, 5.74) is 13.5. The number of rotatable bonds is 4. The minimum atomic E-state index is 0.688. The molecule has 0 atom stereocenters. The van der Waals surface area contributed by atoms with Gasteiger partial charge in [0, 0.05) is 16.3 Å². The molecule has 2 aromatic carbocycles. The summed E-state index contributed by atoms with van der Waals surface area (Å²) in [6, 6.07) is 10.4. The molecule has 2 rings (SSSR count). The van der Waals surface area contributed by atoms with Gasteiger partial charge in [0.15, 0.2) is 0 Å². The molecule has 0 aliphatic rings. The Balaban J connectivity index is 2.71. The summed E-state index contributed by atoms with van der Waals surface area (Å²) in [6.45, 7) is 6.60. The molecule has 0 radical (unpaired) electrons. The largest absolute Gasteiger partial charge is 0.398 e. The van der Waals surface area contributed by atoms with Gasteiger partial charge in [-0.05, 0) is 53.6 Å². The van der Waals surface area contributed by atoms with Gasteiger partial charge < -0.3 is 5.73 Å². The number of aryl methyl sites for hydroxylation is 3. The van der Waals surface area contributed by atoms with Gasteiger partial charge in [-0.1, -0.05) is 50.6 Å². The Morgan fingerprint density at radius 3 is 1.95 bits per heavy atom. The first-order valence-electron chi connectivity index (χ1n) is 7.30. The normalized spacial score (nSPS) is 10.8. The van der Waals surface area contributed by atoms with Crippen molar-refractivity contribution in [1.29, 1.82) is 0 Å². The summed E-state index contributed by atoms with van der Waals surface area (Å²) in [7, 11) is 0. The molecule has 0 bridgehead atoms. The van der Waals surface area contributed by atoms with Crippen LogP contribution in [0.25, 0.3) is 11.1 Å².